The van der Waals surface area contributed by atoms with Gasteiger partial charge in [-0.3, -0.25) is 4.98 Å². The van der Waals surface area contributed by atoms with Crippen LogP contribution >= 0.6 is 12.4 Å². The Hall–Kier alpha value is -2.31. The maximum atomic E-state index is 4.62. The molecule has 20 heavy (non-hydrogen) atoms. The lowest BCUT2D eigenvalue weighted by molar-refractivity contribution is 0.215. The summed E-state index contributed by atoms with van der Waals surface area (Å²) in [6.45, 7) is 0. The number of oxime groups is 1. The van der Waals surface area contributed by atoms with Gasteiger partial charge in [0.1, 0.15) is 7.11 Å². The molecule has 0 radical (unpaired) electrons. The van der Waals surface area contributed by atoms with Crippen molar-refractivity contribution >= 4 is 18.6 Å². The van der Waals surface area contributed by atoms with Crippen LogP contribution in [0.4, 0.5) is 0 Å². The zero-order valence-corrected chi connectivity index (χ0v) is 11.9. The molecule has 0 amide bonds. The highest BCUT2D eigenvalue weighted by molar-refractivity contribution is 5.85. The standard InChI is InChI=1S/C16H14N2O.ClH/c1-19-18-10-9-16-11-15(12-17-13-16)8-7-14-5-3-2-4-6-14;/h2-6,10-13H,9H2,1H3;1H. The van der Waals surface area contributed by atoms with E-state index in [1.807, 2.05) is 36.4 Å². The Kier molecular flexibility index (Phi) is 6.88. The van der Waals surface area contributed by atoms with Crippen LogP contribution in [0.2, 0.25) is 0 Å². The fourth-order valence-corrected chi connectivity index (χ4v) is 1.55. The van der Waals surface area contributed by atoms with Gasteiger partial charge in [-0.15, -0.1) is 12.4 Å². The fourth-order valence-electron chi connectivity index (χ4n) is 1.55. The number of hydrogen-bond donors (Lipinski definition) is 0. The van der Waals surface area contributed by atoms with E-state index in [1.54, 1.807) is 18.6 Å². The van der Waals surface area contributed by atoms with Gasteiger partial charge in [0.05, 0.1) is 0 Å². The molecule has 0 spiro atoms. The Morgan fingerprint density at radius 2 is 1.90 bits per heavy atom. The van der Waals surface area contributed by atoms with Crippen molar-refractivity contribution in [2.24, 2.45) is 5.16 Å². The molecule has 102 valence electrons. The Bertz CT molecular complexity index is 615. The molecule has 1 aromatic carbocycles. The van der Waals surface area contributed by atoms with E-state index in [1.165, 1.54) is 7.11 Å². The minimum atomic E-state index is 0. The largest absolute Gasteiger partial charge is 0.399 e. The fraction of sp³-hybridized carbons (Fsp3) is 0.125. The van der Waals surface area contributed by atoms with E-state index in [0.29, 0.717) is 6.42 Å². The van der Waals surface area contributed by atoms with Crippen molar-refractivity contribution in [1.29, 1.82) is 0 Å². The van der Waals surface area contributed by atoms with E-state index < -0.39 is 0 Å². The third kappa shape index (κ3) is 5.13. The van der Waals surface area contributed by atoms with Crippen molar-refractivity contribution in [3.63, 3.8) is 0 Å². The number of hydrogen-bond acceptors (Lipinski definition) is 3. The highest BCUT2D eigenvalue weighted by atomic mass is 35.5. The van der Waals surface area contributed by atoms with Crippen LogP contribution in [-0.4, -0.2) is 18.3 Å². The first-order chi connectivity index (χ1) is 9.38. The lowest BCUT2D eigenvalue weighted by Gasteiger charge is -1.96. The average Bonchev–Trinajstić information content (AvgIpc) is 2.47. The molecule has 0 saturated carbocycles. The van der Waals surface area contributed by atoms with Crippen molar-refractivity contribution in [2.75, 3.05) is 7.11 Å². The third-order valence-corrected chi connectivity index (χ3v) is 2.43. The van der Waals surface area contributed by atoms with Crippen molar-refractivity contribution in [1.82, 2.24) is 4.98 Å². The number of aromatic nitrogens is 1. The van der Waals surface area contributed by atoms with E-state index in [-0.39, 0.29) is 12.4 Å². The van der Waals surface area contributed by atoms with Crippen LogP contribution in [0, 0.1) is 11.8 Å². The van der Waals surface area contributed by atoms with Crippen LogP contribution in [0.5, 0.6) is 0 Å². The van der Waals surface area contributed by atoms with Gasteiger partial charge in [-0.1, -0.05) is 35.2 Å². The van der Waals surface area contributed by atoms with Crippen molar-refractivity contribution < 1.29 is 4.84 Å². The molecular formula is C16H15ClN2O. The average molecular weight is 287 g/mol. The summed E-state index contributed by atoms with van der Waals surface area (Å²) >= 11 is 0. The van der Waals surface area contributed by atoms with Gasteiger partial charge in [-0.05, 0) is 23.8 Å². The Balaban J connectivity index is 0.00000200. The lowest BCUT2D eigenvalue weighted by Crippen LogP contribution is -1.90. The summed E-state index contributed by atoms with van der Waals surface area (Å²) < 4.78 is 0. The van der Waals surface area contributed by atoms with E-state index in [2.05, 4.69) is 26.8 Å². The maximum Gasteiger partial charge on any atom is 0.106 e. The smallest absolute Gasteiger partial charge is 0.106 e. The van der Waals surface area contributed by atoms with Crippen LogP contribution in [-0.2, 0) is 11.3 Å². The van der Waals surface area contributed by atoms with Gasteiger partial charge in [0.2, 0.25) is 0 Å². The topological polar surface area (TPSA) is 34.5 Å². The molecule has 1 aromatic heterocycles. The Morgan fingerprint density at radius 1 is 1.15 bits per heavy atom. The molecule has 2 aromatic rings. The molecular weight excluding hydrogens is 272 g/mol. The van der Waals surface area contributed by atoms with Crippen LogP contribution in [0.3, 0.4) is 0 Å². The molecule has 0 fully saturated rings. The summed E-state index contributed by atoms with van der Waals surface area (Å²) in [5.41, 5.74) is 2.95. The Labute approximate surface area is 125 Å². The molecule has 3 nitrogen and oxygen atoms in total. The number of nitrogens with zero attached hydrogens (tertiary/aromatic N) is 2. The van der Waals surface area contributed by atoms with Gasteiger partial charge in [0.15, 0.2) is 0 Å². The zero-order chi connectivity index (χ0) is 13.3. The zero-order valence-electron chi connectivity index (χ0n) is 11.1. The predicted molar refractivity (Wildman–Crippen MR) is 83.1 cm³/mol. The first-order valence-electron chi connectivity index (χ1n) is 5.94. The monoisotopic (exact) mass is 286 g/mol. The first kappa shape index (κ1) is 15.7. The van der Waals surface area contributed by atoms with Gasteiger partial charge in [0.25, 0.3) is 0 Å². The second-order valence-electron chi connectivity index (χ2n) is 3.87. The Morgan fingerprint density at radius 3 is 2.65 bits per heavy atom. The van der Waals surface area contributed by atoms with Crippen LogP contribution in [0.15, 0.2) is 53.9 Å². The number of benzene rings is 1. The first-order valence-corrected chi connectivity index (χ1v) is 5.94. The summed E-state index contributed by atoms with van der Waals surface area (Å²) in [4.78, 5) is 8.79. The van der Waals surface area contributed by atoms with Gasteiger partial charge in [-0.25, -0.2) is 0 Å². The highest BCUT2D eigenvalue weighted by Crippen LogP contribution is 2.02. The third-order valence-electron chi connectivity index (χ3n) is 2.43. The van der Waals surface area contributed by atoms with Crippen LogP contribution < -0.4 is 0 Å². The van der Waals surface area contributed by atoms with E-state index >= 15 is 0 Å². The number of halogens is 1. The molecule has 1 heterocycles. The molecule has 0 bridgehead atoms. The van der Waals surface area contributed by atoms with E-state index in [4.69, 9.17) is 0 Å². The van der Waals surface area contributed by atoms with Crippen LogP contribution in [0.25, 0.3) is 0 Å². The van der Waals surface area contributed by atoms with Gasteiger partial charge < -0.3 is 4.84 Å². The SMILES string of the molecule is CON=CCc1cncc(C#Cc2ccccc2)c1.Cl. The summed E-state index contributed by atoms with van der Waals surface area (Å²) in [5, 5.41) is 3.70. The molecule has 0 aliphatic heterocycles. The van der Waals surface area contributed by atoms with Gasteiger partial charge in [-0.2, -0.15) is 0 Å². The summed E-state index contributed by atoms with van der Waals surface area (Å²) in [7, 11) is 1.52. The summed E-state index contributed by atoms with van der Waals surface area (Å²) in [5.74, 6) is 6.21. The van der Waals surface area contributed by atoms with Gasteiger partial charge in [0, 0.05) is 36.2 Å². The van der Waals surface area contributed by atoms with E-state index in [0.717, 1.165) is 16.7 Å². The summed E-state index contributed by atoms with van der Waals surface area (Å²) in [6.07, 6.45) is 5.94. The lowest BCUT2D eigenvalue weighted by atomic mass is 10.1. The molecule has 0 unspecified atom stereocenters. The number of pyridine rings is 1. The minimum absolute atomic E-state index is 0. The molecule has 0 aliphatic carbocycles. The molecule has 0 saturated heterocycles. The molecule has 2 rings (SSSR count). The summed E-state index contributed by atoms with van der Waals surface area (Å²) in [6, 6.07) is 11.9. The van der Waals surface area contributed by atoms with E-state index in [9.17, 15) is 0 Å². The minimum Gasteiger partial charge on any atom is -0.399 e. The molecule has 0 aliphatic rings. The van der Waals surface area contributed by atoms with Crippen molar-refractivity contribution in [3.8, 4) is 11.8 Å². The predicted octanol–water partition coefficient (Wildman–Crippen LogP) is 3.08. The van der Waals surface area contributed by atoms with Crippen molar-refractivity contribution in [3.05, 3.63) is 65.5 Å². The molecule has 0 atom stereocenters. The quantitative estimate of drug-likeness (QED) is 0.494. The van der Waals surface area contributed by atoms with Crippen LogP contribution in [0.1, 0.15) is 16.7 Å². The normalized spacial score (nSPS) is 9.45. The second-order valence-corrected chi connectivity index (χ2v) is 3.87. The van der Waals surface area contributed by atoms with Gasteiger partial charge >= 0.3 is 0 Å². The number of rotatable bonds is 3. The highest BCUT2D eigenvalue weighted by Gasteiger charge is 1.93. The second kappa shape index (κ2) is 8.73. The van der Waals surface area contributed by atoms with Crippen molar-refractivity contribution in [2.45, 2.75) is 6.42 Å². The maximum absolute atomic E-state index is 4.62. The molecule has 4 heteroatoms. The molecule has 0 N–H and O–H groups in total.